The smallest absolute Gasteiger partial charge is 0.232 e. The van der Waals surface area contributed by atoms with Gasteiger partial charge in [-0.2, -0.15) is 5.26 Å². The van der Waals surface area contributed by atoms with E-state index in [4.69, 9.17) is 4.98 Å². The van der Waals surface area contributed by atoms with Gasteiger partial charge < -0.3 is 4.90 Å². The fourth-order valence-electron chi connectivity index (χ4n) is 3.42. The third-order valence-corrected chi connectivity index (χ3v) is 6.62. The molecule has 0 fully saturated rings. The van der Waals surface area contributed by atoms with Crippen LogP contribution in [0.25, 0.3) is 10.4 Å². The molecule has 0 aliphatic heterocycles. The van der Waals surface area contributed by atoms with Crippen LogP contribution < -0.4 is 0 Å². The van der Waals surface area contributed by atoms with Gasteiger partial charge in [0.05, 0.1) is 11.3 Å². The lowest BCUT2D eigenvalue weighted by Gasteiger charge is -2.22. The molecule has 2 aromatic heterocycles. The highest BCUT2D eigenvalue weighted by Crippen LogP contribution is 2.39. The van der Waals surface area contributed by atoms with Crippen molar-refractivity contribution < 1.29 is 4.79 Å². The van der Waals surface area contributed by atoms with Crippen LogP contribution in [-0.2, 0) is 17.6 Å². The minimum atomic E-state index is 0.0982. The summed E-state index contributed by atoms with van der Waals surface area (Å²) < 4.78 is 0. The third-order valence-electron chi connectivity index (χ3n) is 4.77. The Morgan fingerprint density at radius 2 is 2.12 bits per heavy atom. The molecule has 0 unspecified atom stereocenters. The van der Waals surface area contributed by atoms with Crippen LogP contribution >= 0.6 is 23.1 Å². The van der Waals surface area contributed by atoms with E-state index in [0.29, 0.717) is 29.4 Å². The Morgan fingerprint density at radius 1 is 1.35 bits per heavy atom. The zero-order chi connectivity index (χ0) is 18.5. The summed E-state index contributed by atoms with van der Waals surface area (Å²) >= 11 is 3.06. The molecule has 3 rings (SSSR count). The van der Waals surface area contributed by atoms with Crippen LogP contribution in [0.5, 0.6) is 0 Å². The molecule has 0 aromatic carbocycles. The lowest BCUT2D eigenvalue weighted by atomic mass is 9.89. The summed E-state index contributed by atoms with van der Waals surface area (Å²) in [6, 6.07) is 6.48. The summed E-state index contributed by atoms with van der Waals surface area (Å²) in [5.41, 5.74) is 4.02. The van der Waals surface area contributed by atoms with Crippen molar-refractivity contribution in [1.29, 1.82) is 5.26 Å². The Kier molecular flexibility index (Phi) is 6.33. The summed E-state index contributed by atoms with van der Waals surface area (Å²) in [5, 5.41) is 12.6. The lowest BCUT2D eigenvalue weighted by molar-refractivity contribution is -0.127. The standard InChI is InChI=1S/C20H23N3OS2/c1-3-23(4-2)18(24)13-26-20-15(12-21)19(17-10-7-11-25-17)14-8-5-6-9-16(14)22-20/h7,10-11H,3-6,8-9,13H2,1-2H3. The van der Waals surface area contributed by atoms with Crippen LogP contribution in [0.2, 0.25) is 0 Å². The quantitative estimate of drug-likeness (QED) is 0.686. The highest BCUT2D eigenvalue weighted by molar-refractivity contribution is 8.00. The van der Waals surface area contributed by atoms with Gasteiger partial charge in [-0.1, -0.05) is 17.8 Å². The van der Waals surface area contributed by atoms with E-state index in [1.165, 1.54) is 17.3 Å². The monoisotopic (exact) mass is 385 g/mol. The van der Waals surface area contributed by atoms with Crippen molar-refractivity contribution in [3.05, 3.63) is 34.3 Å². The van der Waals surface area contributed by atoms with Crippen LogP contribution in [0.3, 0.4) is 0 Å². The summed E-state index contributed by atoms with van der Waals surface area (Å²) in [5.74, 6) is 0.424. The number of fused-ring (bicyclic) bond motifs is 1. The highest BCUT2D eigenvalue weighted by Gasteiger charge is 2.24. The van der Waals surface area contributed by atoms with E-state index >= 15 is 0 Å². The number of hydrogen-bond acceptors (Lipinski definition) is 5. The Hall–Kier alpha value is -1.84. The van der Waals surface area contributed by atoms with Gasteiger partial charge in [0.15, 0.2) is 0 Å². The maximum Gasteiger partial charge on any atom is 0.232 e. The van der Waals surface area contributed by atoms with Gasteiger partial charge in [0, 0.05) is 29.2 Å². The largest absolute Gasteiger partial charge is 0.343 e. The van der Waals surface area contributed by atoms with Crippen LogP contribution in [0.15, 0.2) is 22.5 Å². The topological polar surface area (TPSA) is 57.0 Å². The van der Waals surface area contributed by atoms with Gasteiger partial charge in [0.1, 0.15) is 11.1 Å². The number of aryl methyl sites for hydroxylation is 1. The molecule has 0 saturated carbocycles. The summed E-state index contributed by atoms with van der Waals surface area (Å²) in [6.45, 7) is 5.38. The van der Waals surface area contributed by atoms with E-state index in [1.807, 2.05) is 30.2 Å². The van der Waals surface area contributed by atoms with Gasteiger partial charge in [-0.15, -0.1) is 11.3 Å². The second kappa shape index (κ2) is 8.70. The Bertz CT molecular complexity index is 821. The van der Waals surface area contributed by atoms with Gasteiger partial charge in [-0.3, -0.25) is 4.79 Å². The Morgan fingerprint density at radius 3 is 2.77 bits per heavy atom. The number of carbonyl (C=O) groups excluding carboxylic acids is 1. The minimum absolute atomic E-state index is 0.0982. The average molecular weight is 386 g/mol. The van der Waals surface area contributed by atoms with Crippen molar-refractivity contribution in [3.8, 4) is 16.5 Å². The molecule has 26 heavy (non-hydrogen) atoms. The summed E-state index contributed by atoms with van der Waals surface area (Å²) in [4.78, 5) is 20.1. The van der Waals surface area contributed by atoms with Gasteiger partial charge >= 0.3 is 0 Å². The first-order valence-electron chi connectivity index (χ1n) is 9.09. The van der Waals surface area contributed by atoms with E-state index in [2.05, 4.69) is 12.1 Å². The second-order valence-electron chi connectivity index (χ2n) is 6.24. The molecule has 2 aromatic rings. The van der Waals surface area contributed by atoms with Gasteiger partial charge in [-0.05, 0) is 56.5 Å². The number of rotatable bonds is 6. The van der Waals surface area contributed by atoms with Gasteiger partial charge in [0.2, 0.25) is 5.91 Å². The molecule has 0 bridgehead atoms. The zero-order valence-corrected chi connectivity index (χ0v) is 16.9. The maximum absolute atomic E-state index is 12.4. The fourth-order valence-corrected chi connectivity index (χ4v) is 5.13. The number of pyridine rings is 1. The molecule has 0 atom stereocenters. The maximum atomic E-state index is 12.4. The minimum Gasteiger partial charge on any atom is -0.343 e. The summed E-state index contributed by atoms with van der Waals surface area (Å²) in [6.07, 6.45) is 4.22. The molecule has 0 N–H and O–H groups in total. The first-order chi connectivity index (χ1) is 12.7. The number of nitrogens with zero attached hydrogens (tertiary/aromatic N) is 3. The van der Waals surface area contributed by atoms with Crippen molar-refractivity contribution >= 4 is 29.0 Å². The van der Waals surface area contributed by atoms with E-state index < -0.39 is 0 Å². The molecule has 1 amide bonds. The highest BCUT2D eigenvalue weighted by atomic mass is 32.2. The molecule has 0 saturated heterocycles. The van der Waals surface area contributed by atoms with Gasteiger partial charge in [0.25, 0.3) is 0 Å². The van der Waals surface area contributed by atoms with E-state index in [1.54, 1.807) is 11.3 Å². The lowest BCUT2D eigenvalue weighted by Crippen LogP contribution is -2.31. The molecule has 6 heteroatoms. The number of hydrogen-bond donors (Lipinski definition) is 0. The molecular weight excluding hydrogens is 362 g/mol. The number of nitriles is 1. The first kappa shape index (κ1) is 18.9. The van der Waals surface area contributed by atoms with Crippen LogP contribution in [-0.4, -0.2) is 34.6 Å². The second-order valence-corrected chi connectivity index (χ2v) is 8.15. The van der Waals surface area contributed by atoms with Crippen molar-refractivity contribution in [3.63, 3.8) is 0 Å². The fraction of sp³-hybridized carbons (Fsp3) is 0.450. The molecule has 2 heterocycles. The van der Waals surface area contributed by atoms with E-state index in [0.717, 1.165) is 41.8 Å². The molecule has 1 aliphatic carbocycles. The number of amides is 1. The number of thioether (sulfide) groups is 1. The molecular formula is C20H23N3OS2. The van der Waals surface area contributed by atoms with Crippen molar-refractivity contribution in [2.45, 2.75) is 44.6 Å². The predicted octanol–water partition coefficient (Wildman–Crippen LogP) is 4.52. The molecule has 136 valence electrons. The normalized spacial score (nSPS) is 13.1. The third kappa shape index (κ3) is 3.79. The average Bonchev–Trinajstić information content (AvgIpc) is 3.20. The zero-order valence-electron chi connectivity index (χ0n) is 15.2. The number of carbonyl (C=O) groups is 1. The van der Waals surface area contributed by atoms with Crippen molar-refractivity contribution in [2.24, 2.45) is 0 Å². The van der Waals surface area contributed by atoms with Crippen LogP contribution in [0.1, 0.15) is 43.5 Å². The molecule has 1 aliphatic rings. The molecule has 0 radical (unpaired) electrons. The molecule has 0 spiro atoms. The van der Waals surface area contributed by atoms with Gasteiger partial charge in [-0.25, -0.2) is 4.98 Å². The van der Waals surface area contributed by atoms with Crippen LogP contribution in [0, 0.1) is 11.3 Å². The number of thiophene rings is 1. The summed E-state index contributed by atoms with van der Waals surface area (Å²) in [7, 11) is 0. The van der Waals surface area contributed by atoms with Crippen LogP contribution in [0.4, 0.5) is 0 Å². The Balaban J connectivity index is 1.99. The Labute approximate surface area is 163 Å². The predicted molar refractivity (Wildman–Crippen MR) is 108 cm³/mol. The van der Waals surface area contributed by atoms with E-state index in [9.17, 15) is 10.1 Å². The first-order valence-corrected chi connectivity index (χ1v) is 11.0. The van der Waals surface area contributed by atoms with Crippen molar-refractivity contribution in [1.82, 2.24) is 9.88 Å². The van der Waals surface area contributed by atoms with E-state index in [-0.39, 0.29) is 5.91 Å². The van der Waals surface area contributed by atoms with Crippen molar-refractivity contribution in [2.75, 3.05) is 18.8 Å². The number of aromatic nitrogens is 1. The SMILES string of the molecule is CCN(CC)C(=O)CSc1nc2c(c(-c3cccs3)c1C#N)CCCC2. The molecule has 4 nitrogen and oxygen atoms in total.